The summed E-state index contributed by atoms with van der Waals surface area (Å²) in [4.78, 5) is 24.4. The molecule has 0 heterocycles. The molecule has 0 aliphatic heterocycles. The maximum absolute atomic E-state index is 12.4. The molecule has 0 spiro atoms. The van der Waals surface area contributed by atoms with Gasteiger partial charge in [0.25, 0.3) is 5.91 Å². The van der Waals surface area contributed by atoms with E-state index in [0.29, 0.717) is 5.75 Å². The van der Waals surface area contributed by atoms with Crippen molar-refractivity contribution in [2.75, 3.05) is 13.7 Å². The third-order valence-electron chi connectivity index (χ3n) is 2.89. The zero-order valence-corrected chi connectivity index (χ0v) is 11.8. The highest BCUT2D eigenvalue weighted by atomic mass is 16.5. The molecule has 1 amide bonds. The van der Waals surface area contributed by atoms with Gasteiger partial charge in [0.05, 0.1) is 19.1 Å². The average Bonchev–Trinajstić information content (AvgIpc) is 2.37. The molecular weight excluding hydrogens is 262 g/mol. The Morgan fingerprint density at radius 3 is 2.45 bits per heavy atom. The lowest BCUT2D eigenvalue weighted by atomic mass is 10.1. The molecule has 0 aliphatic rings. The molecule has 0 fully saturated rings. The number of hydrogen-bond donors (Lipinski definition) is 2. The summed E-state index contributed by atoms with van der Waals surface area (Å²) in [6.45, 7) is 3.68. The Morgan fingerprint density at radius 2 is 2.00 bits per heavy atom. The summed E-state index contributed by atoms with van der Waals surface area (Å²) in [7, 11) is 1.46. The Morgan fingerprint density at radius 1 is 1.35 bits per heavy atom. The summed E-state index contributed by atoms with van der Waals surface area (Å²) in [5.41, 5.74) is 0.130. The van der Waals surface area contributed by atoms with Gasteiger partial charge in [0.15, 0.2) is 0 Å². The van der Waals surface area contributed by atoms with E-state index in [2.05, 4.69) is 0 Å². The molecule has 1 aromatic carbocycles. The fourth-order valence-electron chi connectivity index (χ4n) is 1.78. The SMILES string of the molecule is COc1ccc(C(=O)N(CCC(=O)O)C(C)C)c(O)c1. The molecule has 20 heavy (non-hydrogen) atoms. The predicted octanol–water partition coefficient (Wildman–Crippen LogP) is 1.73. The number of rotatable bonds is 6. The van der Waals surface area contributed by atoms with Crippen LogP contribution in [0.15, 0.2) is 18.2 Å². The van der Waals surface area contributed by atoms with Crippen molar-refractivity contribution in [2.24, 2.45) is 0 Å². The summed E-state index contributed by atoms with van der Waals surface area (Å²) >= 11 is 0. The van der Waals surface area contributed by atoms with Gasteiger partial charge in [-0.1, -0.05) is 0 Å². The zero-order valence-electron chi connectivity index (χ0n) is 11.8. The van der Waals surface area contributed by atoms with Gasteiger partial charge in [-0.25, -0.2) is 0 Å². The zero-order chi connectivity index (χ0) is 15.3. The number of carboxylic acid groups (broad SMARTS) is 1. The van der Waals surface area contributed by atoms with Crippen molar-refractivity contribution in [1.82, 2.24) is 4.90 Å². The number of hydrogen-bond acceptors (Lipinski definition) is 4. The molecule has 110 valence electrons. The van der Waals surface area contributed by atoms with Gasteiger partial charge in [0, 0.05) is 18.7 Å². The van der Waals surface area contributed by atoms with Gasteiger partial charge in [-0.05, 0) is 26.0 Å². The molecule has 0 atom stereocenters. The van der Waals surface area contributed by atoms with Crippen LogP contribution in [-0.4, -0.2) is 46.7 Å². The minimum Gasteiger partial charge on any atom is -0.507 e. The van der Waals surface area contributed by atoms with Crippen LogP contribution in [0.4, 0.5) is 0 Å². The molecule has 0 bridgehead atoms. The van der Waals surface area contributed by atoms with Crippen LogP contribution in [0.25, 0.3) is 0 Å². The number of methoxy groups -OCH3 is 1. The topological polar surface area (TPSA) is 87.1 Å². The number of carbonyl (C=O) groups is 2. The number of aromatic hydroxyl groups is 1. The van der Waals surface area contributed by atoms with Crippen molar-refractivity contribution in [3.63, 3.8) is 0 Å². The standard InChI is InChI=1S/C14H19NO5/c1-9(2)15(7-6-13(17)18)14(19)11-5-4-10(20-3)8-12(11)16/h4-5,8-9,16H,6-7H2,1-3H3,(H,17,18). The number of amides is 1. The Hall–Kier alpha value is -2.24. The molecule has 1 rings (SSSR count). The first-order valence-electron chi connectivity index (χ1n) is 6.26. The Bertz CT molecular complexity index is 498. The van der Waals surface area contributed by atoms with Crippen LogP contribution in [0.5, 0.6) is 11.5 Å². The number of aliphatic carboxylic acids is 1. The number of ether oxygens (including phenoxy) is 1. The molecule has 0 aliphatic carbocycles. The van der Waals surface area contributed by atoms with E-state index in [9.17, 15) is 14.7 Å². The smallest absolute Gasteiger partial charge is 0.305 e. The Balaban J connectivity index is 2.97. The van der Waals surface area contributed by atoms with Crippen molar-refractivity contribution in [3.05, 3.63) is 23.8 Å². The van der Waals surface area contributed by atoms with Gasteiger partial charge in [-0.15, -0.1) is 0 Å². The van der Waals surface area contributed by atoms with Gasteiger partial charge in [-0.3, -0.25) is 9.59 Å². The predicted molar refractivity (Wildman–Crippen MR) is 73.1 cm³/mol. The van der Waals surface area contributed by atoms with Crippen molar-refractivity contribution in [2.45, 2.75) is 26.3 Å². The van der Waals surface area contributed by atoms with Gasteiger partial charge >= 0.3 is 5.97 Å². The normalized spacial score (nSPS) is 10.4. The lowest BCUT2D eigenvalue weighted by Gasteiger charge is -2.26. The summed E-state index contributed by atoms with van der Waals surface area (Å²) in [5, 5.41) is 18.6. The van der Waals surface area contributed by atoms with Gasteiger partial charge in [0.1, 0.15) is 11.5 Å². The van der Waals surface area contributed by atoms with Crippen LogP contribution in [0.1, 0.15) is 30.6 Å². The molecule has 0 unspecified atom stereocenters. The fourth-order valence-corrected chi connectivity index (χ4v) is 1.78. The molecule has 0 radical (unpaired) electrons. The maximum atomic E-state index is 12.4. The number of carboxylic acids is 1. The van der Waals surface area contributed by atoms with Crippen LogP contribution in [-0.2, 0) is 4.79 Å². The second kappa shape index (κ2) is 6.79. The van der Waals surface area contributed by atoms with E-state index in [-0.39, 0.29) is 30.3 Å². The average molecular weight is 281 g/mol. The van der Waals surface area contributed by atoms with E-state index in [0.717, 1.165) is 0 Å². The van der Waals surface area contributed by atoms with Crippen molar-refractivity contribution < 1.29 is 24.5 Å². The van der Waals surface area contributed by atoms with Crippen molar-refractivity contribution in [3.8, 4) is 11.5 Å². The highest BCUT2D eigenvalue weighted by molar-refractivity contribution is 5.97. The van der Waals surface area contributed by atoms with Crippen LogP contribution in [0.2, 0.25) is 0 Å². The summed E-state index contributed by atoms with van der Waals surface area (Å²) in [6.07, 6.45) is -0.138. The first-order valence-corrected chi connectivity index (χ1v) is 6.26. The molecule has 0 saturated heterocycles. The Labute approximate surface area is 117 Å². The molecule has 0 saturated carbocycles. The van der Waals surface area contributed by atoms with E-state index >= 15 is 0 Å². The minimum atomic E-state index is -0.970. The second-order valence-electron chi connectivity index (χ2n) is 4.62. The quantitative estimate of drug-likeness (QED) is 0.829. The lowest BCUT2D eigenvalue weighted by Crippen LogP contribution is -2.38. The third-order valence-corrected chi connectivity index (χ3v) is 2.89. The van der Waals surface area contributed by atoms with E-state index in [4.69, 9.17) is 9.84 Å². The van der Waals surface area contributed by atoms with E-state index in [1.165, 1.54) is 24.1 Å². The number of phenolic OH excluding ortho intramolecular Hbond substituents is 1. The maximum Gasteiger partial charge on any atom is 0.305 e. The highest BCUT2D eigenvalue weighted by Gasteiger charge is 2.22. The first kappa shape index (κ1) is 15.8. The van der Waals surface area contributed by atoms with E-state index < -0.39 is 11.9 Å². The third kappa shape index (κ3) is 3.88. The van der Waals surface area contributed by atoms with E-state index in [1.54, 1.807) is 19.9 Å². The van der Waals surface area contributed by atoms with Crippen molar-refractivity contribution >= 4 is 11.9 Å². The summed E-state index contributed by atoms with van der Waals surface area (Å²) < 4.78 is 4.95. The molecular formula is C14H19NO5. The molecule has 6 nitrogen and oxygen atoms in total. The first-order chi connectivity index (χ1) is 9.36. The number of nitrogens with zero attached hydrogens (tertiary/aromatic N) is 1. The monoisotopic (exact) mass is 281 g/mol. The Kier molecular flexibility index (Phi) is 5.37. The van der Waals surface area contributed by atoms with Gasteiger partial charge in [-0.2, -0.15) is 0 Å². The van der Waals surface area contributed by atoms with Crippen molar-refractivity contribution in [1.29, 1.82) is 0 Å². The number of carbonyl (C=O) groups excluding carboxylic acids is 1. The second-order valence-corrected chi connectivity index (χ2v) is 4.62. The van der Waals surface area contributed by atoms with Gasteiger partial charge in [0.2, 0.25) is 0 Å². The molecule has 1 aromatic rings. The van der Waals surface area contributed by atoms with Crippen LogP contribution in [0.3, 0.4) is 0 Å². The highest BCUT2D eigenvalue weighted by Crippen LogP contribution is 2.25. The lowest BCUT2D eigenvalue weighted by molar-refractivity contribution is -0.137. The molecule has 0 aromatic heterocycles. The number of benzene rings is 1. The fraction of sp³-hybridized carbons (Fsp3) is 0.429. The molecule has 2 N–H and O–H groups in total. The van der Waals surface area contributed by atoms with Crippen LogP contribution in [0, 0.1) is 0 Å². The summed E-state index contributed by atoms with van der Waals surface area (Å²) in [5.74, 6) is -1.11. The molecule has 6 heteroatoms. The largest absolute Gasteiger partial charge is 0.507 e. The van der Waals surface area contributed by atoms with Crippen LogP contribution >= 0.6 is 0 Å². The van der Waals surface area contributed by atoms with Crippen LogP contribution < -0.4 is 4.74 Å². The van der Waals surface area contributed by atoms with Gasteiger partial charge < -0.3 is 19.8 Å². The summed E-state index contributed by atoms with van der Waals surface area (Å²) in [6, 6.07) is 4.22. The number of phenols is 1. The van der Waals surface area contributed by atoms with E-state index in [1.807, 2.05) is 0 Å². The minimum absolute atomic E-state index is 0.0945.